The predicted octanol–water partition coefficient (Wildman–Crippen LogP) is 3.49. The molecule has 1 aromatic carbocycles. The van der Waals surface area contributed by atoms with E-state index in [2.05, 4.69) is 42.0 Å². The van der Waals surface area contributed by atoms with Crippen LogP contribution in [0, 0.1) is 5.41 Å². The van der Waals surface area contributed by atoms with E-state index in [1.807, 2.05) is 18.2 Å². The van der Waals surface area contributed by atoms with Crippen LogP contribution in [0.4, 0.5) is 11.4 Å². The lowest BCUT2D eigenvalue weighted by molar-refractivity contribution is 0.443. The summed E-state index contributed by atoms with van der Waals surface area (Å²) in [6.45, 7) is 7.54. The highest BCUT2D eigenvalue weighted by Gasteiger charge is 2.10. The van der Waals surface area contributed by atoms with Crippen LogP contribution in [-0.4, -0.2) is 6.54 Å². The van der Waals surface area contributed by atoms with Crippen LogP contribution >= 0.6 is 15.9 Å². The summed E-state index contributed by atoms with van der Waals surface area (Å²) < 4.78 is 1.02. The van der Waals surface area contributed by atoms with Gasteiger partial charge in [-0.25, -0.2) is 0 Å². The SMILES string of the molecule is CC(C)(C)CNc1ccc(N)cc1Br. The zero-order valence-corrected chi connectivity index (χ0v) is 10.5. The van der Waals surface area contributed by atoms with Crippen LogP contribution in [0.2, 0.25) is 0 Å². The monoisotopic (exact) mass is 256 g/mol. The fourth-order valence-corrected chi connectivity index (χ4v) is 1.57. The highest BCUT2D eigenvalue weighted by Crippen LogP contribution is 2.25. The van der Waals surface area contributed by atoms with E-state index >= 15 is 0 Å². The molecule has 3 heteroatoms. The van der Waals surface area contributed by atoms with Crippen molar-refractivity contribution in [3.8, 4) is 0 Å². The van der Waals surface area contributed by atoms with Crippen molar-refractivity contribution in [2.75, 3.05) is 17.6 Å². The first-order valence-corrected chi connectivity index (χ1v) is 5.47. The smallest absolute Gasteiger partial charge is 0.0486 e. The Morgan fingerprint density at radius 2 is 2.00 bits per heavy atom. The molecule has 78 valence electrons. The molecule has 0 saturated heterocycles. The maximum atomic E-state index is 5.65. The minimum absolute atomic E-state index is 0.279. The highest BCUT2D eigenvalue weighted by atomic mass is 79.9. The number of nitrogen functional groups attached to an aromatic ring is 1. The van der Waals surface area contributed by atoms with Gasteiger partial charge in [0.25, 0.3) is 0 Å². The van der Waals surface area contributed by atoms with E-state index in [-0.39, 0.29) is 5.41 Å². The first kappa shape index (κ1) is 11.4. The molecule has 0 fully saturated rings. The summed E-state index contributed by atoms with van der Waals surface area (Å²) in [6, 6.07) is 5.80. The van der Waals surface area contributed by atoms with Crippen LogP contribution in [0.25, 0.3) is 0 Å². The average Bonchev–Trinajstić information content (AvgIpc) is 2.00. The molecule has 14 heavy (non-hydrogen) atoms. The van der Waals surface area contributed by atoms with Gasteiger partial charge in [-0.1, -0.05) is 20.8 Å². The number of hydrogen-bond acceptors (Lipinski definition) is 2. The largest absolute Gasteiger partial charge is 0.399 e. The van der Waals surface area contributed by atoms with Gasteiger partial charge in [-0.05, 0) is 39.5 Å². The second-order valence-electron chi connectivity index (χ2n) is 4.65. The van der Waals surface area contributed by atoms with Gasteiger partial charge in [0.1, 0.15) is 0 Å². The number of nitrogens with one attached hydrogen (secondary N) is 1. The summed E-state index contributed by atoms with van der Waals surface area (Å²) in [7, 11) is 0. The molecular weight excluding hydrogens is 240 g/mol. The molecule has 0 amide bonds. The van der Waals surface area contributed by atoms with E-state index in [0.717, 1.165) is 22.4 Å². The maximum Gasteiger partial charge on any atom is 0.0486 e. The number of anilines is 2. The third-order valence-corrected chi connectivity index (χ3v) is 2.46. The summed E-state index contributed by atoms with van der Waals surface area (Å²) in [5.74, 6) is 0. The van der Waals surface area contributed by atoms with Crippen LogP contribution in [0.3, 0.4) is 0 Å². The van der Waals surface area contributed by atoms with Crippen molar-refractivity contribution >= 4 is 27.3 Å². The van der Waals surface area contributed by atoms with Gasteiger partial charge in [-0.2, -0.15) is 0 Å². The van der Waals surface area contributed by atoms with E-state index < -0.39 is 0 Å². The summed E-state index contributed by atoms with van der Waals surface area (Å²) >= 11 is 3.47. The molecule has 2 nitrogen and oxygen atoms in total. The van der Waals surface area contributed by atoms with Crippen molar-refractivity contribution in [3.63, 3.8) is 0 Å². The lowest BCUT2D eigenvalue weighted by Gasteiger charge is -2.20. The van der Waals surface area contributed by atoms with E-state index in [9.17, 15) is 0 Å². The molecule has 1 rings (SSSR count). The minimum Gasteiger partial charge on any atom is -0.399 e. The van der Waals surface area contributed by atoms with Crippen molar-refractivity contribution < 1.29 is 0 Å². The third-order valence-electron chi connectivity index (χ3n) is 1.80. The Hall–Kier alpha value is -0.700. The molecule has 0 bridgehead atoms. The van der Waals surface area contributed by atoms with Crippen LogP contribution in [0.5, 0.6) is 0 Å². The summed E-state index contributed by atoms with van der Waals surface area (Å²) in [5, 5.41) is 3.38. The Labute approximate surface area is 94.0 Å². The van der Waals surface area contributed by atoms with E-state index in [1.54, 1.807) is 0 Å². The Morgan fingerprint density at radius 3 is 2.50 bits per heavy atom. The number of halogens is 1. The molecule has 0 spiro atoms. The number of benzene rings is 1. The number of nitrogens with two attached hydrogens (primary N) is 1. The maximum absolute atomic E-state index is 5.65. The molecule has 0 aliphatic rings. The normalized spacial score (nSPS) is 11.4. The van der Waals surface area contributed by atoms with Crippen molar-refractivity contribution in [1.29, 1.82) is 0 Å². The van der Waals surface area contributed by atoms with Gasteiger partial charge in [-0.15, -0.1) is 0 Å². The molecular formula is C11H17BrN2. The number of rotatable bonds is 2. The first-order valence-electron chi connectivity index (χ1n) is 4.67. The van der Waals surface area contributed by atoms with Crippen molar-refractivity contribution in [3.05, 3.63) is 22.7 Å². The molecule has 0 atom stereocenters. The Kier molecular flexibility index (Phi) is 3.43. The molecule has 1 aromatic rings. The molecule has 0 saturated carbocycles. The van der Waals surface area contributed by atoms with E-state index in [0.29, 0.717) is 0 Å². The quantitative estimate of drug-likeness (QED) is 0.796. The molecule has 0 heterocycles. The summed E-state index contributed by atoms with van der Waals surface area (Å²) in [5.41, 5.74) is 7.80. The van der Waals surface area contributed by atoms with Gasteiger partial charge < -0.3 is 11.1 Å². The Balaban J connectivity index is 2.68. The van der Waals surface area contributed by atoms with E-state index in [4.69, 9.17) is 5.73 Å². The molecule has 0 unspecified atom stereocenters. The second-order valence-corrected chi connectivity index (χ2v) is 5.51. The molecule has 0 radical (unpaired) electrons. The summed E-state index contributed by atoms with van der Waals surface area (Å²) in [4.78, 5) is 0. The molecule has 0 aliphatic heterocycles. The zero-order chi connectivity index (χ0) is 10.8. The molecule has 3 N–H and O–H groups in total. The Morgan fingerprint density at radius 1 is 1.36 bits per heavy atom. The van der Waals surface area contributed by atoms with Gasteiger partial charge in [0.2, 0.25) is 0 Å². The first-order chi connectivity index (χ1) is 6.38. The highest BCUT2D eigenvalue weighted by molar-refractivity contribution is 9.10. The minimum atomic E-state index is 0.279. The predicted molar refractivity (Wildman–Crippen MR) is 66.5 cm³/mol. The molecule has 0 aliphatic carbocycles. The van der Waals surface area contributed by atoms with Crippen molar-refractivity contribution in [2.45, 2.75) is 20.8 Å². The average molecular weight is 257 g/mol. The van der Waals surface area contributed by atoms with Gasteiger partial charge in [0.05, 0.1) is 0 Å². The third kappa shape index (κ3) is 3.58. The second kappa shape index (κ2) is 4.22. The molecule has 0 aromatic heterocycles. The van der Waals surface area contributed by atoms with E-state index in [1.165, 1.54) is 0 Å². The van der Waals surface area contributed by atoms with Gasteiger partial charge in [0, 0.05) is 22.4 Å². The van der Waals surface area contributed by atoms with Crippen LogP contribution in [-0.2, 0) is 0 Å². The Bertz CT molecular complexity index is 316. The van der Waals surface area contributed by atoms with Gasteiger partial charge >= 0.3 is 0 Å². The fourth-order valence-electron chi connectivity index (χ4n) is 1.04. The lowest BCUT2D eigenvalue weighted by Crippen LogP contribution is -2.19. The van der Waals surface area contributed by atoms with Crippen LogP contribution in [0.1, 0.15) is 20.8 Å². The number of hydrogen-bond donors (Lipinski definition) is 2. The standard InChI is InChI=1S/C11H17BrN2/c1-11(2,3)7-14-10-5-4-8(13)6-9(10)12/h4-6,14H,7,13H2,1-3H3. The zero-order valence-electron chi connectivity index (χ0n) is 8.89. The van der Waals surface area contributed by atoms with Gasteiger partial charge in [0.15, 0.2) is 0 Å². The fraction of sp³-hybridized carbons (Fsp3) is 0.455. The summed E-state index contributed by atoms with van der Waals surface area (Å²) in [6.07, 6.45) is 0. The van der Waals surface area contributed by atoms with Crippen molar-refractivity contribution in [1.82, 2.24) is 0 Å². The van der Waals surface area contributed by atoms with Crippen LogP contribution < -0.4 is 11.1 Å². The van der Waals surface area contributed by atoms with Crippen LogP contribution in [0.15, 0.2) is 22.7 Å². The topological polar surface area (TPSA) is 38.0 Å². The van der Waals surface area contributed by atoms with Gasteiger partial charge in [-0.3, -0.25) is 0 Å². The van der Waals surface area contributed by atoms with Crippen molar-refractivity contribution in [2.24, 2.45) is 5.41 Å². The lowest BCUT2D eigenvalue weighted by atomic mass is 9.97.